The molecule has 1 unspecified atom stereocenters. The van der Waals surface area contributed by atoms with E-state index in [1.165, 1.54) is 11.3 Å². The average molecular weight is 479 g/mol. The van der Waals surface area contributed by atoms with Crippen molar-refractivity contribution in [3.8, 4) is 5.75 Å². The van der Waals surface area contributed by atoms with Crippen LogP contribution in [0.5, 0.6) is 5.75 Å². The van der Waals surface area contributed by atoms with Crippen LogP contribution in [0.4, 0.5) is 5.69 Å². The van der Waals surface area contributed by atoms with Gasteiger partial charge in [0, 0.05) is 17.7 Å². The molecule has 0 aliphatic rings. The first-order chi connectivity index (χ1) is 13.8. The molecule has 154 valence electrons. The quantitative estimate of drug-likeness (QED) is 0.306. The Morgan fingerprint density at radius 1 is 1.41 bits per heavy atom. The average Bonchev–Trinajstić information content (AvgIpc) is 3.31. The smallest absolute Gasteiger partial charge is 0.200 e. The van der Waals surface area contributed by atoms with E-state index in [9.17, 15) is 9.59 Å². The van der Waals surface area contributed by atoms with Gasteiger partial charge in [0.05, 0.1) is 27.7 Å². The van der Waals surface area contributed by atoms with Gasteiger partial charge in [-0.05, 0) is 46.8 Å². The Balaban J connectivity index is 1.65. The molecule has 2 aromatic heterocycles. The molecule has 0 amide bonds. The molecule has 0 spiro atoms. The minimum atomic E-state index is -0.110. The normalized spacial score (nSPS) is 13.4. The number of hydrogen-bond donors (Lipinski definition) is 1. The van der Waals surface area contributed by atoms with E-state index in [4.69, 9.17) is 14.9 Å². The Kier molecular flexibility index (Phi) is 6.74. The molecular formula is C21H23BrN2O4S. The summed E-state index contributed by atoms with van der Waals surface area (Å²) in [6.45, 7) is 4.20. The number of carbonyl (C=O) groups is 2. The summed E-state index contributed by atoms with van der Waals surface area (Å²) in [5.41, 5.74) is 7.57. The van der Waals surface area contributed by atoms with E-state index in [2.05, 4.69) is 34.8 Å². The Labute approximate surface area is 181 Å². The number of rotatable bonds is 9. The predicted octanol–water partition coefficient (Wildman–Crippen LogP) is 5.85. The van der Waals surface area contributed by atoms with Crippen LogP contribution < -0.4 is 10.5 Å². The van der Waals surface area contributed by atoms with Crippen LogP contribution in [0.2, 0.25) is 0 Å². The second-order valence-electron chi connectivity index (χ2n) is 7.23. The molecule has 2 N–H and O–H groups in total. The van der Waals surface area contributed by atoms with Crippen LogP contribution in [0.25, 0.3) is 11.0 Å². The fraction of sp³-hybridized carbons (Fsp3) is 0.381. The number of aldehydes is 1. The van der Waals surface area contributed by atoms with E-state index in [1.54, 1.807) is 24.6 Å². The Morgan fingerprint density at radius 3 is 2.83 bits per heavy atom. The largest absolute Gasteiger partial charge is 0.496 e. The summed E-state index contributed by atoms with van der Waals surface area (Å²) in [4.78, 5) is 27.9. The van der Waals surface area contributed by atoms with Crippen molar-refractivity contribution in [2.45, 2.75) is 39.0 Å². The number of furan rings is 1. The molecular weight excluding hydrogens is 456 g/mol. The fourth-order valence-corrected chi connectivity index (χ4v) is 4.95. The highest BCUT2D eigenvalue weighted by atomic mass is 79.9. The summed E-state index contributed by atoms with van der Waals surface area (Å²) >= 11 is 4.97. The summed E-state index contributed by atoms with van der Waals surface area (Å²) in [6.07, 6.45) is 2.72. The molecule has 0 aliphatic heterocycles. The topological polar surface area (TPSA) is 95.4 Å². The van der Waals surface area contributed by atoms with Crippen molar-refractivity contribution < 1.29 is 18.7 Å². The van der Waals surface area contributed by atoms with Gasteiger partial charge in [0.1, 0.15) is 17.0 Å². The van der Waals surface area contributed by atoms with Crippen LogP contribution in [-0.2, 0) is 0 Å². The summed E-state index contributed by atoms with van der Waals surface area (Å²) in [5.74, 6) is 1.27. The number of halogens is 1. The van der Waals surface area contributed by atoms with E-state index in [0.717, 1.165) is 24.1 Å². The van der Waals surface area contributed by atoms with Gasteiger partial charge in [0.15, 0.2) is 17.8 Å². The number of Topliss-reactive ketones (excluding diaryl/α,β-unsaturated/α-hetero) is 1. The number of fused-ring (bicyclic) bond motifs is 1. The number of ketones is 1. The van der Waals surface area contributed by atoms with E-state index in [1.807, 2.05) is 0 Å². The van der Waals surface area contributed by atoms with Crippen LogP contribution in [-0.4, -0.2) is 24.2 Å². The maximum atomic E-state index is 12.7. The minimum absolute atomic E-state index is 0.110. The Hall–Kier alpha value is -2.19. The highest BCUT2D eigenvalue weighted by Gasteiger charge is 2.23. The SMILES string of the molecule is COc1ccc2oc(C(=O)CC[C@H](C)CC(C)c3nc(C=O)cs3)c(N)c2c1Br. The van der Waals surface area contributed by atoms with E-state index >= 15 is 0 Å². The standard InChI is InChI=1S/C21H23BrN2O4S/c1-11(8-12(2)21-24-13(9-25)10-29-21)4-5-14(26)20-19(23)17-15(28-20)6-7-16(27-3)18(17)22/h6-7,9-12H,4-5,8,23H2,1-3H3/t11-,12?/m0/s1. The monoisotopic (exact) mass is 478 g/mol. The predicted molar refractivity (Wildman–Crippen MR) is 118 cm³/mol. The molecule has 0 saturated heterocycles. The molecule has 1 aromatic carbocycles. The van der Waals surface area contributed by atoms with Crippen molar-refractivity contribution in [2.75, 3.05) is 12.8 Å². The highest BCUT2D eigenvalue weighted by molar-refractivity contribution is 9.10. The second-order valence-corrected chi connectivity index (χ2v) is 8.91. The second kappa shape index (κ2) is 9.09. The van der Waals surface area contributed by atoms with Gasteiger partial charge in [0.25, 0.3) is 0 Å². The van der Waals surface area contributed by atoms with E-state index in [-0.39, 0.29) is 17.5 Å². The fourth-order valence-electron chi connectivity index (χ4n) is 3.41. The number of carbonyl (C=O) groups excluding carboxylic acids is 2. The lowest BCUT2D eigenvalue weighted by Gasteiger charge is -2.15. The van der Waals surface area contributed by atoms with Crippen LogP contribution in [0.15, 0.2) is 26.4 Å². The molecule has 2 heterocycles. The van der Waals surface area contributed by atoms with Crippen LogP contribution in [0.1, 0.15) is 65.1 Å². The summed E-state index contributed by atoms with van der Waals surface area (Å²) in [5, 5.41) is 3.37. The lowest BCUT2D eigenvalue weighted by Crippen LogP contribution is -2.07. The zero-order valence-electron chi connectivity index (χ0n) is 16.5. The number of methoxy groups -OCH3 is 1. The van der Waals surface area contributed by atoms with Crippen molar-refractivity contribution >= 4 is 56.0 Å². The molecule has 0 radical (unpaired) electrons. The highest BCUT2D eigenvalue weighted by Crippen LogP contribution is 2.40. The molecule has 0 aliphatic carbocycles. The molecule has 29 heavy (non-hydrogen) atoms. The number of nitrogens with two attached hydrogens (primary N) is 1. The van der Waals surface area contributed by atoms with E-state index < -0.39 is 0 Å². The summed E-state index contributed by atoms with van der Waals surface area (Å²) in [6, 6.07) is 3.51. The molecule has 8 heteroatoms. The number of nitrogens with zero attached hydrogens (tertiary/aromatic N) is 1. The number of nitrogen functional groups attached to an aromatic ring is 1. The van der Waals surface area contributed by atoms with Crippen molar-refractivity contribution in [3.63, 3.8) is 0 Å². The molecule has 6 nitrogen and oxygen atoms in total. The number of ether oxygens (including phenoxy) is 1. The van der Waals surface area contributed by atoms with Gasteiger partial charge < -0.3 is 14.9 Å². The van der Waals surface area contributed by atoms with Gasteiger partial charge in [-0.25, -0.2) is 4.98 Å². The molecule has 0 fully saturated rings. The molecule has 0 bridgehead atoms. The molecule has 3 aromatic rings. The Bertz CT molecular complexity index is 1040. The zero-order chi connectivity index (χ0) is 21.1. The lowest BCUT2D eigenvalue weighted by atomic mass is 9.92. The van der Waals surface area contributed by atoms with Crippen molar-refractivity contribution in [3.05, 3.63) is 38.4 Å². The number of anilines is 1. The van der Waals surface area contributed by atoms with E-state index in [0.29, 0.717) is 44.9 Å². The Morgan fingerprint density at radius 2 is 2.17 bits per heavy atom. The van der Waals surface area contributed by atoms with Crippen molar-refractivity contribution in [2.24, 2.45) is 5.92 Å². The van der Waals surface area contributed by atoms with Gasteiger partial charge in [-0.3, -0.25) is 9.59 Å². The van der Waals surface area contributed by atoms with Crippen LogP contribution >= 0.6 is 27.3 Å². The maximum Gasteiger partial charge on any atom is 0.200 e. The van der Waals surface area contributed by atoms with Crippen molar-refractivity contribution in [1.82, 2.24) is 4.98 Å². The third-order valence-corrected chi connectivity index (χ3v) is 6.85. The molecule has 2 atom stereocenters. The van der Waals surface area contributed by atoms with Crippen molar-refractivity contribution in [1.29, 1.82) is 0 Å². The van der Waals surface area contributed by atoms with Gasteiger partial charge in [0.2, 0.25) is 0 Å². The lowest BCUT2D eigenvalue weighted by molar-refractivity contribution is 0.0949. The minimum Gasteiger partial charge on any atom is -0.496 e. The van der Waals surface area contributed by atoms with Crippen LogP contribution in [0, 0.1) is 5.92 Å². The zero-order valence-corrected chi connectivity index (χ0v) is 18.9. The summed E-state index contributed by atoms with van der Waals surface area (Å²) in [7, 11) is 1.57. The number of aromatic nitrogens is 1. The first kappa shape index (κ1) is 21.5. The van der Waals surface area contributed by atoms with Crippen LogP contribution in [0.3, 0.4) is 0 Å². The third kappa shape index (κ3) is 4.53. The van der Waals surface area contributed by atoms with Gasteiger partial charge in [-0.2, -0.15) is 0 Å². The summed E-state index contributed by atoms with van der Waals surface area (Å²) < 4.78 is 11.7. The van der Waals surface area contributed by atoms with Gasteiger partial charge >= 0.3 is 0 Å². The first-order valence-electron chi connectivity index (χ1n) is 9.33. The number of benzene rings is 1. The number of thiazole rings is 1. The first-order valence-corrected chi connectivity index (χ1v) is 11.0. The molecule has 0 saturated carbocycles. The van der Waals surface area contributed by atoms with Gasteiger partial charge in [-0.1, -0.05) is 13.8 Å². The van der Waals surface area contributed by atoms with Gasteiger partial charge in [-0.15, -0.1) is 11.3 Å². The third-order valence-electron chi connectivity index (χ3n) is 4.97. The number of hydrogen-bond acceptors (Lipinski definition) is 7. The maximum absolute atomic E-state index is 12.7. The molecule has 3 rings (SSSR count).